The van der Waals surface area contributed by atoms with E-state index in [1.807, 2.05) is 6.26 Å². The first-order chi connectivity index (χ1) is 9.04. The monoisotopic (exact) mass is 282 g/mol. The minimum atomic E-state index is 0.147. The van der Waals surface area contributed by atoms with E-state index in [1.165, 1.54) is 36.6 Å². The molecule has 0 aliphatic carbocycles. The van der Waals surface area contributed by atoms with Gasteiger partial charge in [-0.05, 0) is 45.6 Å². The van der Waals surface area contributed by atoms with Crippen LogP contribution >= 0.6 is 11.8 Å². The number of thioether (sulfide) groups is 1. The van der Waals surface area contributed by atoms with Crippen molar-refractivity contribution in [2.75, 3.05) is 24.6 Å². The average Bonchev–Trinajstić information content (AvgIpc) is 2.60. The van der Waals surface area contributed by atoms with Crippen LogP contribution in [-0.4, -0.2) is 35.0 Å². The maximum absolute atomic E-state index is 5.68. The molecule has 0 unspecified atom stereocenters. The summed E-state index contributed by atoms with van der Waals surface area (Å²) in [5.41, 5.74) is 1.44. The van der Waals surface area contributed by atoms with Gasteiger partial charge in [-0.3, -0.25) is 4.90 Å². The van der Waals surface area contributed by atoms with E-state index in [1.54, 1.807) is 0 Å². The molecular formula is C15H26N2OS. The van der Waals surface area contributed by atoms with Crippen molar-refractivity contribution in [1.82, 2.24) is 10.2 Å². The Kier molecular flexibility index (Phi) is 5.37. The third-order valence-electron chi connectivity index (χ3n) is 3.33. The van der Waals surface area contributed by atoms with E-state index in [4.69, 9.17) is 4.42 Å². The quantitative estimate of drug-likeness (QED) is 0.918. The smallest absolute Gasteiger partial charge is 0.122 e. The van der Waals surface area contributed by atoms with E-state index in [0.29, 0.717) is 0 Å². The molecule has 1 fully saturated rings. The molecule has 0 bridgehead atoms. The molecule has 19 heavy (non-hydrogen) atoms. The summed E-state index contributed by atoms with van der Waals surface area (Å²) in [7, 11) is 0. The number of nitrogens with zero attached hydrogens (tertiary/aromatic N) is 1. The van der Waals surface area contributed by atoms with Crippen molar-refractivity contribution in [1.29, 1.82) is 0 Å². The molecule has 0 spiro atoms. The highest BCUT2D eigenvalue weighted by molar-refractivity contribution is 7.99. The first-order valence-corrected chi connectivity index (χ1v) is 8.30. The third kappa shape index (κ3) is 5.21. The van der Waals surface area contributed by atoms with Crippen LogP contribution in [0.4, 0.5) is 0 Å². The first-order valence-electron chi connectivity index (χ1n) is 7.15. The highest BCUT2D eigenvalue weighted by atomic mass is 32.2. The molecule has 3 nitrogen and oxygen atoms in total. The maximum Gasteiger partial charge on any atom is 0.122 e. The molecule has 0 atom stereocenters. The molecule has 1 saturated heterocycles. The minimum absolute atomic E-state index is 0.147. The lowest BCUT2D eigenvalue weighted by Gasteiger charge is -2.22. The Morgan fingerprint density at radius 1 is 1.32 bits per heavy atom. The standard InChI is InChI=1S/C15H26N2OS/c1-15(2,3)16-11-13-5-8-18-14(13)12-17-6-4-9-19-10-7-17/h5,8,16H,4,6-7,9-12H2,1-3H3. The fourth-order valence-electron chi connectivity index (χ4n) is 2.18. The number of rotatable bonds is 4. The van der Waals surface area contributed by atoms with Gasteiger partial charge in [0.05, 0.1) is 12.8 Å². The Hall–Kier alpha value is -0.450. The summed E-state index contributed by atoms with van der Waals surface area (Å²) in [5, 5.41) is 3.53. The van der Waals surface area contributed by atoms with Gasteiger partial charge in [-0.2, -0.15) is 11.8 Å². The predicted octanol–water partition coefficient (Wildman–Crippen LogP) is 3.11. The summed E-state index contributed by atoms with van der Waals surface area (Å²) < 4.78 is 5.68. The van der Waals surface area contributed by atoms with Gasteiger partial charge in [0.2, 0.25) is 0 Å². The van der Waals surface area contributed by atoms with Crippen LogP contribution < -0.4 is 5.32 Å². The Bertz CT molecular complexity index is 376. The topological polar surface area (TPSA) is 28.4 Å². The molecule has 1 aromatic heterocycles. The Balaban J connectivity index is 1.91. The van der Waals surface area contributed by atoms with Crippen molar-refractivity contribution < 1.29 is 4.42 Å². The average molecular weight is 282 g/mol. The largest absolute Gasteiger partial charge is 0.468 e. The summed E-state index contributed by atoms with van der Waals surface area (Å²) in [6.07, 6.45) is 3.11. The molecule has 4 heteroatoms. The normalized spacial score (nSPS) is 18.5. The maximum atomic E-state index is 5.68. The van der Waals surface area contributed by atoms with Crippen molar-refractivity contribution in [3.05, 3.63) is 23.7 Å². The van der Waals surface area contributed by atoms with Crippen LogP contribution in [0.2, 0.25) is 0 Å². The van der Waals surface area contributed by atoms with Crippen molar-refractivity contribution in [2.45, 2.75) is 45.8 Å². The molecule has 0 saturated carbocycles. The van der Waals surface area contributed by atoms with Gasteiger partial charge in [0, 0.05) is 29.9 Å². The van der Waals surface area contributed by atoms with E-state index < -0.39 is 0 Å². The second kappa shape index (κ2) is 6.82. The minimum Gasteiger partial charge on any atom is -0.468 e. The Labute approximate surface area is 121 Å². The lowest BCUT2D eigenvalue weighted by Crippen LogP contribution is -2.35. The van der Waals surface area contributed by atoms with Crippen LogP contribution in [0, 0.1) is 0 Å². The van der Waals surface area contributed by atoms with E-state index in [-0.39, 0.29) is 5.54 Å². The van der Waals surface area contributed by atoms with Crippen molar-refractivity contribution in [3.63, 3.8) is 0 Å². The Morgan fingerprint density at radius 2 is 2.16 bits per heavy atom. The second-order valence-electron chi connectivity index (χ2n) is 6.21. The summed E-state index contributed by atoms with van der Waals surface area (Å²) >= 11 is 2.07. The van der Waals surface area contributed by atoms with Gasteiger partial charge >= 0.3 is 0 Å². The van der Waals surface area contributed by atoms with Gasteiger partial charge in [0.1, 0.15) is 5.76 Å². The van der Waals surface area contributed by atoms with E-state index in [0.717, 1.165) is 18.8 Å². The molecule has 1 aliphatic heterocycles. The molecule has 0 radical (unpaired) electrons. The summed E-state index contributed by atoms with van der Waals surface area (Å²) in [4.78, 5) is 2.51. The lowest BCUT2D eigenvalue weighted by molar-refractivity contribution is 0.260. The van der Waals surface area contributed by atoms with E-state index in [2.05, 4.69) is 48.8 Å². The summed E-state index contributed by atoms with van der Waals surface area (Å²) in [5.74, 6) is 3.67. The SMILES string of the molecule is CC(C)(C)NCc1ccoc1CN1CCCSCC1. The van der Waals surface area contributed by atoms with Gasteiger partial charge in [0.25, 0.3) is 0 Å². The zero-order valence-corrected chi connectivity index (χ0v) is 13.2. The van der Waals surface area contributed by atoms with Crippen LogP contribution in [0.15, 0.2) is 16.7 Å². The number of hydrogen-bond acceptors (Lipinski definition) is 4. The molecule has 2 heterocycles. The van der Waals surface area contributed by atoms with Crippen molar-refractivity contribution >= 4 is 11.8 Å². The zero-order chi connectivity index (χ0) is 13.7. The fourth-order valence-corrected chi connectivity index (χ4v) is 3.11. The summed E-state index contributed by atoms with van der Waals surface area (Å²) in [6.45, 7) is 10.8. The molecule has 1 aromatic rings. The fraction of sp³-hybridized carbons (Fsp3) is 0.733. The molecular weight excluding hydrogens is 256 g/mol. The van der Waals surface area contributed by atoms with Gasteiger partial charge in [0.15, 0.2) is 0 Å². The van der Waals surface area contributed by atoms with Crippen molar-refractivity contribution in [3.8, 4) is 0 Å². The van der Waals surface area contributed by atoms with Gasteiger partial charge < -0.3 is 9.73 Å². The first kappa shape index (κ1) is 14.9. The van der Waals surface area contributed by atoms with Crippen molar-refractivity contribution in [2.24, 2.45) is 0 Å². The highest BCUT2D eigenvalue weighted by Gasteiger charge is 2.16. The van der Waals surface area contributed by atoms with E-state index >= 15 is 0 Å². The number of nitrogens with one attached hydrogen (secondary N) is 1. The number of hydrogen-bond donors (Lipinski definition) is 1. The lowest BCUT2D eigenvalue weighted by atomic mass is 10.1. The molecule has 0 aromatic carbocycles. The van der Waals surface area contributed by atoms with Crippen LogP contribution in [0.3, 0.4) is 0 Å². The highest BCUT2D eigenvalue weighted by Crippen LogP contribution is 2.17. The third-order valence-corrected chi connectivity index (χ3v) is 4.38. The molecule has 108 valence electrons. The van der Waals surface area contributed by atoms with Crippen LogP contribution in [0.1, 0.15) is 38.5 Å². The molecule has 1 N–H and O–H groups in total. The van der Waals surface area contributed by atoms with Gasteiger partial charge in [-0.25, -0.2) is 0 Å². The zero-order valence-electron chi connectivity index (χ0n) is 12.4. The van der Waals surface area contributed by atoms with Crippen LogP contribution in [-0.2, 0) is 13.1 Å². The van der Waals surface area contributed by atoms with Crippen LogP contribution in [0.5, 0.6) is 0 Å². The van der Waals surface area contributed by atoms with Crippen LogP contribution in [0.25, 0.3) is 0 Å². The second-order valence-corrected chi connectivity index (χ2v) is 7.44. The van der Waals surface area contributed by atoms with E-state index in [9.17, 15) is 0 Å². The molecule has 2 rings (SSSR count). The van der Waals surface area contributed by atoms with Gasteiger partial charge in [-0.15, -0.1) is 0 Å². The molecule has 0 amide bonds. The number of furan rings is 1. The Morgan fingerprint density at radius 3 is 2.95 bits per heavy atom. The predicted molar refractivity (Wildman–Crippen MR) is 82.5 cm³/mol. The summed E-state index contributed by atoms with van der Waals surface area (Å²) in [6, 6.07) is 2.10. The molecule has 1 aliphatic rings. The van der Waals surface area contributed by atoms with Gasteiger partial charge in [-0.1, -0.05) is 0 Å².